The van der Waals surface area contributed by atoms with Crippen molar-refractivity contribution in [3.63, 3.8) is 0 Å². The highest BCUT2D eigenvalue weighted by Crippen LogP contribution is 2.52. The first-order valence-corrected chi connectivity index (χ1v) is 6.79. The number of hydrogen-bond acceptors (Lipinski definition) is 4. The average molecular weight is 265 g/mol. The van der Waals surface area contributed by atoms with Gasteiger partial charge in [0.15, 0.2) is 0 Å². The van der Waals surface area contributed by atoms with Crippen LogP contribution in [0.3, 0.4) is 0 Å². The summed E-state index contributed by atoms with van der Waals surface area (Å²) in [5, 5.41) is 0. The van der Waals surface area contributed by atoms with Crippen molar-refractivity contribution in [3.05, 3.63) is 12.2 Å². The van der Waals surface area contributed by atoms with Crippen LogP contribution < -0.4 is 0 Å². The number of rotatable bonds is 3. The minimum Gasteiger partial charge on any atom is -0.469 e. The van der Waals surface area contributed by atoms with E-state index in [0.29, 0.717) is 6.54 Å². The smallest absolute Gasteiger partial charge is 0.312 e. The maximum Gasteiger partial charge on any atom is 0.312 e. The predicted molar refractivity (Wildman–Crippen MR) is 67.2 cm³/mol. The summed E-state index contributed by atoms with van der Waals surface area (Å²) < 4.78 is 10.8. The van der Waals surface area contributed by atoms with Crippen molar-refractivity contribution in [2.24, 2.45) is 11.8 Å². The lowest BCUT2D eigenvalue weighted by atomic mass is 9.77. The van der Waals surface area contributed by atoms with Gasteiger partial charge in [-0.2, -0.15) is 0 Å². The molecule has 2 bridgehead atoms. The highest BCUT2D eigenvalue weighted by Gasteiger charge is 2.67. The van der Waals surface area contributed by atoms with Crippen molar-refractivity contribution in [2.75, 3.05) is 13.7 Å². The molecule has 2 saturated heterocycles. The van der Waals surface area contributed by atoms with Gasteiger partial charge in [0.2, 0.25) is 5.91 Å². The molecule has 3 aliphatic heterocycles. The Morgan fingerprint density at radius 1 is 1.68 bits per heavy atom. The summed E-state index contributed by atoms with van der Waals surface area (Å²) in [6.45, 7) is 4.63. The van der Waals surface area contributed by atoms with E-state index in [9.17, 15) is 9.59 Å². The quantitative estimate of drug-likeness (QED) is 0.558. The number of methoxy groups -OCH3 is 1. The molecule has 3 heterocycles. The second kappa shape index (κ2) is 4.07. The largest absolute Gasteiger partial charge is 0.469 e. The Balaban J connectivity index is 1.95. The van der Waals surface area contributed by atoms with Gasteiger partial charge in [0.05, 0.1) is 25.7 Å². The van der Waals surface area contributed by atoms with E-state index in [0.717, 1.165) is 6.42 Å². The van der Waals surface area contributed by atoms with E-state index in [1.54, 1.807) is 0 Å². The van der Waals surface area contributed by atoms with Crippen LogP contribution in [-0.2, 0) is 19.1 Å². The molecule has 1 spiro atoms. The van der Waals surface area contributed by atoms with Gasteiger partial charge < -0.3 is 14.4 Å². The first kappa shape index (κ1) is 12.7. The number of esters is 1. The average Bonchev–Trinajstić information content (AvgIpc) is 3.05. The Morgan fingerprint density at radius 3 is 3.05 bits per heavy atom. The van der Waals surface area contributed by atoms with E-state index in [4.69, 9.17) is 9.47 Å². The standard InChI is InChI=1S/C14H19NO4/c1-4-8(2)15-7-14-6-5-9(19-14)10(13(17)18-3)11(14)12(15)16/h5-6,8-11H,4,7H2,1-3H3/t8-,9-,10-,11-,14+/m0/s1. The minimum absolute atomic E-state index is 0.0246. The van der Waals surface area contributed by atoms with Crippen LogP contribution in [0.15, 0.2) is 12.2 Å². The van der Waals surface area contributed by atoms with Crippen LogP contribution in [0.1, 0.15) is 20.3 Å². The Labute approximate surface area is 112 Å². The van der Waals surface area contributed by atoms with Crippen molar-refractivity contribution in [1.29, 1.82) is 0 Å². The monoisotopic (exact) mass is 265 g/mol. The zero-order valence-corrected chi connectivity index (χ0v) is 11.5. The van der Waals surface area contributed by atoms with Crippen molar-refractivity contribution >= 4 is 11.9 Å². The molecule has 0 aromatic heterocycles. The molecule has 5 heteroatoms. The molecule has 0 N–H and O–H groups in total. The maximum absolute atomic E-state index is 12.6. The number of hydrogen-bond donors (Lipinski definition) is 0. The fourth-order valence-electron chi connectivity index (χ4n) is 3.53. The molecule has 5 nitrogen and oxygen atoms in total. The Morgan fingerprint density at radius 2 is 2.42 bits per heavy atom. The van der Waals surface area contributed by atoms with Gasteiger partial charge >= 0.3 is 5.97 Å². The molecular weight excluding hydrogens is 246 g/mol. The van der Waals surface area contributed by atoms with E-state index in [-0.39, 0.29) is 24.0 Å². The zero-order valence-electron chi connectivity index (χ0n) is 11.5. The number of carbonyl (C=O) groups is 2. The third kappa shape index (κ3) is 1.51. The number of amides is 1. The molecule has 0 radical (unpaired) electrons. The molecule has 0 aliphatic carbocycles. The lowest BCUT2D eigenvalue weighted by molar-refractivity contribution is -0.151. The van der Waals surface area contributed by atoms with Crippen molar-refractivity contribution in [1.82, 2.24) is 4.90 Å². The Kier molecular flexibility index (Phi) is 2.71. The van der Waals surface area contributed by atoms with Gasteiger partial charge in [0.1, 0.15) is 11.5 Å². The molecular formula is C14H19NO4. The van der Waals surface area contributed by atoms with Crippen LogP contribution in [0.2, 0.25) is 0 Å². The fourth-order valence-corrected chi connectivity index (χ4v) is 3.53. The molecule has 0 saturated carbocycles. The Bertz CT molecular complexity index is 460. The van der Waals surface area contributed by atoms with Gasteiger partial charge in [-0.1, -0.05) is 19.1 Å². The summed E-state index contributed by atoms with van der Waals surface area (Å²) in [5.74, 6) is -1.22. The van der Waals surface area contributed by atoms with Crippen LogP contribution in [0, 0.1) is 11.8 Å². The molecule has 0 aromatic carbocycles. The second-order valence-corrected chi connectivity index (χ2v) is 5.65. The highest BCUT2D eigenvalue weighted by atomic mass is 16.5. The lowest BCUT2D eigenvalue weighted by Gasteiger charge is -2.26. The Hall–Kier alpha value is -1.36. The molecule has 0 aromatic rings. The summed E-state index contributed by atoms with van der Waals surface area (Å²) in [7, 11) is 1.36. The van der Waals surface area contributed by atoms with Gasteiger partial charge in [-0.15, -0.1) is 0 Å². The van der Waals surface area contributed by atoms with E-state index in [1.165, 1.54) is 7.11 Å². The minimum atomic E-state index is -0.607. The van der Waals surface area contributed by atoms with E-state index in [2.05, 4.69) is 6.92 Å². The normalized spacial score (nSPS) is 40.7. The van der Waals surface area contributed by atoms with Crippen LogP contribution >= 0.6 is 0 Å². The third-order valence-corrected chi connectivity index (χ3v) is 4.73. The second-order valence-electron chi connectivity index (χ2n) is 5.65. The molecule has 1 amide bonds. The van der Waals surface area contributed by atoms with E-state index in [1.807, 2.05) is 24.0 Å². The first-order chi connectivity index (χ1) is 9.04. The summed E-state index contributed by atoms with van der Waals surface area (Å²) in [4.78, 5) is 26.4. The fraction of sp³-hybridized carbons (Fsp3) is 0.714. The number of fused-ring (bicyclic) bond motifs is 1. The summed E-state index contributed by atoms with van der Waals surface area (Å²) in [5.41, 5.74) is -0.607. The van der Waals surface area contributed by atoms with Crippen LogP contribution in [-0.4, -0.2) is 48.2 Å². The van der Waals surface area contributed by atoms with Gasteiger partial charge in [0, 0.05) is 6.04 Å². The first-order valence-electron chi connectivity index (χ1n) is 6.79. The van der Waals surface area contributed by atoms with Gasteiger partial charge in [-0.05, 0) is 13.3 Å². The highest BCUT2D eigenvalue weighted by molar-refractivity contribution is 5.91. The van der Waals surface area contributed by atoms with Crippen LogP contribution in [0.5, 0.6) is 0 Å². The summed E-state index contributed by atoms with van der Waals surface area (Å²) >= 11 is 0. The molecule has 5 atom stereocenters. The molecule has 0 unspecified atom stereocenters. The summed E-state index contributed by atoms with van der Waals surface area (Å²) in [6.07, 6.45) is 4.44. The van der Waals surface area contributed by atoms with Crippen molar-refractivity contribution in [3.8, 4) is 0 Å². The number of carbonyl (C=O) groups excluding carboxylic acids is 2. The van der Waals surface area contributed by atoms with Gasteiger partial charge in [-0.3, -0.25) is 9.59 Å². The lowest BCUT2D eigenvalue weighted by Crippen LogP contribution is -2.40. The number of likely N-dealkylation sites (tertiary alicyclic amines) is 1. The zero-order chi connectivity index (χ0) is 13.8. The molecule has 19 heavy (non-hydrogen) atoms. The van der Waals surface area contributed by atoms with Crippen LogP contribution in [0.25, 0.3) is 0 Å². The van der Waals surface area contributed by atoms with Crippen molar-refractivity contribution < 1.29 is 19.1 Å². The molecule has 3 rings (SSSR count). The molecule has 104 valence electrons. The number of nitrogens with zero attached hydrogens (tertiary/aromatic N) is 1. The van der Waals surface area contributed by atoms with E-state index >= 15 is 0 Å². The topological polar surface area (TPSA) is 55.8 Å². The van der Waals surface area contributed by atoms with Gasteiger partial charge in [0.25, 0.3) is 0 Å². The van der Waals surface area contributed by atoms with Gasteiger partial charge in [-0.25, -0.2) is 0 Å². The molecule has 2 fully saturated rings. The maximum atomic E-state index is 12.6. The summed E-state index contributed by atoms with van der Waals surface area (Å²) in [6, 6.07) is 0.168. The number of ether oxygens (including phenoxy) is 2. The SMILES string of the molecule is CC[C@H](C)N1C[C@@]23C=C[C@H](O2)[C@H](C(=O)OC)[C@H]3C1=O. The third-order valence-electron chi connectivity index (χ3n) is 4.73. The van der Waals surface area contributed by atoms with E-state index < -0.39 is 17.4 Å². The van der Waals surface area contributed by atoms with Crippen molar-refractivity contribution in [2.45, 2.75) is 38.0 Å². The van der Waals surface area contributed by atoms with Crippen LogP contribution in [0.4, 0.5) is 0 Å². The molecule has 3 aliphatic rings. The predicted octanol–water partition coefficient (Wildman–Crippen LogP) is 0.740.